The van der Waals surface area contributed by atoms with Crippen molar-refractivity contribution < 1.29 is 18.7 Å². The van der Waals surface area contributed by atoms with Gasteiger partial charge < -0.3 is 19.7 Å². The summed E-state index contributed by atoms with van der Waals surface area (Å²) in [7, 11) is 0. The van der Waals surface area contributed by atoms with E-state index in [1.165, 1.54) is 12.1 Å². The van der Waals surface area contributed by atoms with Crippen LogP contribution in [0, 0.1) is 11.7 Å². The predicted molar refractivity (Wildman–Crippen MR) is 108 cm³/mol. The molecule has 2 aromatic rings. The molecule has 0 radical (unpaired) electrons. The molecule has 1 aliphatic rings. The van der Waals surface area contributed by atoms with Crippen LogP contribution < -0.4 is 15.0 Å². The van der Waals surface area contributed by atoms with Gasteiger partial charge in [0.1, 0.15) is 11.6 Å². The molecule has 1 amide bonds. The second kappa shape index (κ2) is 10.7. The van der Waals surface area contributed by atoms with Gasteiger partial charge >= 0.3 is 0 Å². The number of hydrogen-bond acceptors (Lipinski definition) is 6. The van der Waals surface area contributed by atoms with Crippen LogP contribution in [0.1, 0.15) is 26.2 Å². The number of piperidine rings is 1. The van der Waals surface area contributed by atoms with Gasteiger partial charge in [-0.1, -0.05) is 0 Å². The zero-order valence-electron chi connectivity index (χ0n) is 16.6. The van der Waals surface area contributed by atoms with Crippen LogP contribution in [-0.4, -0.2) is 48.7 Å². The lowest BCUT2D eigenvalue weighted by molar-refractivity contribution is -0.125. The van der Waals surface area contributed by atoms with Gasteiger partial charge in [-0.05, 0) is 50.5 Å². The van der Waals surface area contributed by atoms with Crippen LogP contribution in [0.25, 0.3) is 0 Å². The van der Waals surface area contributed by atoms with E-state index in [1.807, 2.05) is 6.92 Å². The minimum Gasteiger partial charge on any atom is -0.439 e. The molecule has 0 aliphatic carbocycles. The van der Waals surface area contributed by atoms with Gasteiger partial charge in [0.15, 0.2) is 0 Å². The molecule has 8 heteroatoms. The number of nitrogens with one attached hydrogen (secondary N) is 1. The van der Waals surface area contributed by atoms with E-state index in [1.54, 1.807) is 24.4 Å². The van der Waals surface area contributed by atoms with Crippen molar-refractivity contribution >= 4 is 11.9 Å². The first-order valence-corrected chi connectivity index (χ1v) is 10.0. The summed E-state index contributed by atoms with van der Waals surface area (Å²) in [6, 6.07) is 7.44. The third-order valence-electron chi connectivity index (χ3n) is 4.77. The lowest BCUT2D eigenvalue weighted by atomic mass is 9.96. The molecule has 156 valence electrons. The number of ether oxygens (including phenoxy) is 2. The Labute approximate surface area is 170 Å². The van der Waals surface area contributed by atoms with Gasteiger partial charge in [-0.3, -0.25) is 4.79 Å². The van der Waals surface area contributed by atoms with Crippen molar-refractivity contribution in [2.45, 2.75) is 26.2 Å². The second-order valence-electron chi connectivity index (χ2n) is 6.85. The van der Waals surface area contributed by atoms with Gasteiger partial charge in [0.25, 0.3) is 0 Å². The van der Waals surface area contributed by atoms with E-state index >= 15 is 0 Å². The smallest absolute Gasteiger partial charge is 0.228 e. The van der Waals surface area contributed by atoms with Crippen LogP contribution in [-0.2, 0) is 9.53 Å². The summed E-state index contributed by atoms with van der Waals surface area (Å²) in [5.41, 5.74) is 0. The van der Waals surface area contributed by atoms with E-state index in [4.69, 9.17) is 9.47 Å². The number of rotatable bonds is 9. The molecule has 1 N–H and O–H groups in total. The van der Waals surface area contributed by atoms with E-state index in [0.29, 0.717) is 50.4 Å². The molecule has 1 aromatic carbocycles. The first-order chi connectivity index (χ1) is 14.2. The number of carbonyl (C=O) groups is 1. The van der Waals surface area contributed by atoms with E-state index in [-0.39, 0.29) is 17.6 Å². The van der Waals surface area contributed by atoms with Crippen LogP contribution in [0.3, 0.4) is 0 Å². The topological polar surface area (TPSA) is 76.6 Å². The first kappa shape index (κ1) is 21.0. The largest absolute Gasteiger partial charge is 0.439 e. The van der Waals surface area contributed by atoms with Gasteiger partial charge in [0.2, 0.25) is 17.7 Å². The van der Waals surface area contributed by atoms with E-state index in [0.717, 1.165) is 19.3 Å². The summed E-state index contributed by atoms with van der Waals surface area (Å²) >= 11 is 0. The minimum absolute atomic E-state index is 0.0111. The molecular formula is C21H27FN4O3. The van der Waals surface area contributed by atoms with Crippen molar-refractivity contribution in [2.24, 2.45) is 5.92 Å². The van der Waals surface area contributed by atoms with Crippen molar-refractivity contribution in [3.63, 3.8) is 0 Å². The Balaban J connectivity index is 1.48. The molecular weight excluding hydrogens is 375 g/mol. The monoisotopic (exact) mass is 402 g/mol. The summed E-state index contributed by atoms with van der Waals surface area (Å²) < 4.78 is 24.0. The summed E-state index contributed by atoms with van der Waals surface area (Å²) in [5.74, 6) is 1.28. The molecule has 0 unspecified atom stereocenters. The maximum atomic E-state index is 13.0. The second-order valence-corrected chi connectivity index (χ2v) is 6.85. The van der Waals surface area contributed by atoms with E-state index < -0.39 is 0 Å². The molecule has 0 bridgehead atoms. The average molecular weight is 402 g/mol. The Morgan fingerprint density at radius 2 is 2.00 bits per heavy atom. The Kier molecular flexibility index (Phi) is 7.75. The van der Waals surface area contributed by atoms with Crippen LogP contribution in [0.2, 0.25) is 0 Å². The van der Waals surface area contributed by atoms with Crippen LogP contribution in [0.15, 0.2) is 36.5 Å². The molecule has 1 saturated heterocycles. The molecule has 0 atom stereocenters. The Morgan fingerprint density at radius 1 is 1.24 bits per heavy atom. The zero-order valence-corrected chi connectivity index (χ0v) is 16.6. The highest BCUT2D eigenvalue weighted by atomic mass is 19.1. The fraction of sp³-hybridized carbons (Fsp3) is 0.476. The van der Waals surface area contributed by atoms with Gasteiger partial charge in [0, 0.05) is 51.0 Å². The van der Waals surface area contributed by atoms with Gasteiger partial charge in [-0.15, -0.1) is 0 Å². The summed E-state index contributed by atoms with van der Waals surface area (Å²) in [5, 5.41) is 2.99. The number of nitrogens with zero attached hydrogens (tertiary/aromatic N) is 3. The van der Waals surface area contributed by atoms with Crippen molar-refractivity contribution in [2.75, 3.05) is 37.7 Å². The average Bonchev–Trinajstić information content (AvgIpc) is 2.75. The number of benzene rings is 1. The van der Waals surface area contributed by atoms with Crippen LogP contribution in [0.4, 0.5) is 10.3 Å². The van der Waals surface area contributed by atoms with Crippen molar-refractivity contribution in [1.82, 2.24) is 15.3 Å². The molecule has 29 heavy (non-hydrogen) atoms. The van der Waals surface area contributed by atoms with Crippen LogP contribution >= 0.6 is 0 Å². The van der Waals surface area contributed by atoms with Crippen molar-refractivity contribution in [3.8, 4) is 11.6 Å². The van der Waals surface area contributed by atoms with Crippen molar-refractivity contribution in [3.05, 3.63) is 42.3 Å². The molecule has 2 heterocycles. The van der Waals surface area contributed by atoms with Gasteiger partial charge in [-0.2, -0.15) is 4.98 Å². The lowest BCUT2D eigenvalue weighted by Crippen LogP contribution is -2.41. The maximum Gasteiger partial charge on any atom is 0.228 e. The third kappa shape index (κ3) is 6.39. The molecule has 3 rings (SSSR count). The predicted octanol–water partition coefficient (Wildman–Crippen LogP) is 3.17. The summed E-state index contributed by atoms with van der Waals surface area (Å²) in [4.78, 5) is 23.1. The SMILES string of the molecule is CCOCCCNC(=O)C1CCN(c2nccc(Oc3ccc(F)cc3)n2)CC1. The highest BCUT2D eigenvalue weighted by Crippen LogP contribution is 2.24. The van der Waals surface area contributed by atoms with E-state index in [9.17, 15) is 9.18 Å². The normalized spacial score (nSPS) is 14.6. The minimum atomic E-state index is -0.318. The number of hydrogen-bond donors (Lipinski definition) is 1. The molecule has 0 saturated carbocycles. The molecule has 1 fully saturated rings. The molecule has 0 spiro atoms. The lowest BCUT2D eigenvalue weighted by Gasteiger charge is -2.31. The Hall–Kier alpha value is -2.74. The zero-order chi connectivity index (χ0) is 20.5. The number of aromatic nitrogens is 2. The fourth-order valence-corrected chi connectivity index (χ4v) is 3.18. The quantitative estimate of drug-likeness (QED) is 0.650. The first-order valence-electron chi connectivity index (χ1n) is 10.0. The van der Waals surface area contributed by atoms with Gasteiger partial charge in [-0.25, -0.2) is 9.37 Å². The highest BCUT2D eigenvalue weighted by molar-refractivity contribution is 5.78. The molecule has 7 nitrogen and oxygen atoms in total. The molecule has 1 aromatic heterocycles. The number of anilines is 1. The molecule has 1 aliphatic heterocycles. The summed E-state index contributed by atoms with van der Waals surface area (Å²) in [6.07, 6.45) is 3.97. The fourth-order valence-electron chi connectivity index (χ4n) is 3.18. The van der Waals surface area contributed by atoms with Gasteiger partial charge in [0.05, 0.1) is 0 Å². The van der Waals surface area contributed by atoms with Crippen LogP contribution in [0.5, 0.6) is 11.6 Å². The standard InChI is InChI=1S/C21H27FN4O3/c1-2-28-15-3-11-23-20(27)16-9-13-26(14-10-16)21-24-12-8-19(25-21)29-18-6-4-17(22)5-7-18/h4-8,12,16H,2-3,9-11,13-15H2,1H3,(H,23,27). The maximum absolute atomic E-state index is 13.0. The number of amides is 1. The van der Waals surface area contributed by atoms with E-state index in [2.05, 4.69) is 20.2 Å². The Morgan fingerprint density at radius 3 is 2.72 bits per heavy atom. The number of carbonyl (C=O) groups excluding carboxylic acids is 1. The summed E-state index contributed by atoms with van der Waals surface area (Å²) in [6.45, 7) is 5.38. The van der Waals surface area contributed by atoms with Crippen molar-refractivity contribution in [1.29, 1.82) is 0 Å². The highest BCUT2D eigenvalue weighted by Gasteiger charge is 2.26. The number of halogens is 1. The third-order valence-corrected chi connectivity index (χ3v) is 4.77. The Bertz CT molecular complexity index is 780.